The summed E-state index contributed by atoms with van der Waals surface area (Å²) in [6.07, 6.45) is -1.39. The number of pyridine rings is 1. The van der Waals surface area contributed by atoms with Gasteiger partial charge in [-0.25, -0.2) is 19.3 Å². The second-order valence-corrected chi connectivity index (χ2v) is 7.03. The lowest BCUT2D eigenvalue weighted by atomic mass is 10.0. The summed E-state index contributed by atoms with van der Waals surface area (Å²) in [5.74, 6) is -3.24. The van der Waals surface area contributed by atoms with Crippen LogP contribution in [0.4, 0.5) is 23.4 Å². The monoisotopic (exact) mass is 493 g/mol. The van der Waals surface area contributed by atoms with Gasteiger partial charge in [0.1, 0.15) is 16.5 Å². The standard InChI is InChI=1S/C20H12ClF4N7O2/c21-14-12(4-7-28-17(14)26)34-11-3-2-9(8-10(11)22)15-13(18(27)33)16(20(23,24)25)32(31-15)19-29-5-1-6-30-19/h1-8H,(H2,26,28)(H2,27,33). The zero-order chi connectivity index (χ0) is 24.6. The number of nitrogen functional groups attached to an aromatic ring is 1. The summed E-state index contributed by atoms with van der Waals surface area (Å²) in [4.78, 5) is 23.3. The zero-order valence-electron chi connectivity index (χ0n) is 16.7. The molecule has 0 radical (unpaired) electrons. The van der Waals surface area contributed by atoms with E-state index >= 15 is 0 Å². The van der Waals surface area contributed by atoms with Crippen LogP contribution in [-0.2, 0) is 6.18 Å². The van der Waals surface area contributed by atoms with Gasteiger partial charge in [-0.05, 0) is 24.3 Å². The smallest absolute Gasteiger partial charge is 0.434 e. The minimum atomic E-state index is -5.06. The fourth-order valence-electron chi connectivity index (χ4n) is 3.03. The summed E-state index contributed by atoms with van der Waals surface area (Å²) >= 11 is 5.98. The van der Waals surface area contributed by atoms with Gasteiger partial charge in [0.05, 0.1) is 5.56 Å². The molecule has 0 bridgehead atoms. The largest absolute Gasteiger partial charge is 0.453 e. The van der Waals surface area contributed by atoms with Gasteiger partial charge < -0.3 is 16.2 Å². The number of benzene rings is 1. The van der Waals surface area contributed by atoms with Crippen molar-refractivity contribution in [2.75, 3.05) is 5.73 Å². The van der Waals surface area contributed by atoms with Crippen molar-refractivity contribution < 1.29 is 27.1 Å². The third kappa shape index (κ3) is 4.20. The Morgan fingerprint density at radius 3 is 2.38 bits per heavy atom. The molecule has 34 heavy (non-hydrogen) atoms. The Morgan fingerprint density at radius 2 is 1.76 bits per heavy atom. The number of aromatic nitrogens is 5. The first-order valence-corrected chi connectivity index (χ1v) is 9.61. The van der Waals surface area contributed by atoms with E-state index in [1.807, 2.05) is 0 Å². The van der Waals surface area contributed by atoms with E-state index in [0.29, 0.717) is 4.68 Å². The third-order valence-corrected chi connectivity index (χ3v) is 4.83. The van der Waals surface area contributed by atoms with Crippen molar-refractivity contribution >= 4 is 23.3 Å². The van der Waals surface area contributed by atoms with Crippen LogP contribution in [-0.4, -0.2) is 30.6 Å². The maximum atomic E-state index is 14.8. The average Bonchev–Trinajstić information content (AvgIpc) is 3.20. The van der Waals surface area contributed by atoms with Crippen molar-refractivity contribution in [3.63, 3.8) is 0 Å². The molecule has 0 fully saturated rings. The summed E-state index contributed by atoms with van der Waals surface area (Å²) in [5.41, 5.74) is 7.66. The Bertz CT molecular complexity index is 1390. The van der Waals surface area contributed by atoms with Crippen molar-refractivity contribution in [2.24, 2.45) is 5.73 Å². The van der Waals surface area contributed by atoms with Crippen LogP contribution in [0.2, 0.25) is 5.02 Å². The molecule has 0 aliphatic carbocycles. The Balaban J connectivity index is 1.84. The number of halogens is 5. The van der Waals surface area contributed by atoms with Crippen LogP contribution < -0.4 is 16.2 Å². The van der Waals surface area contributed by atoms with E-state index in [2.05, 4.69) is 20.1 Å². The molecule has 3 aromatic heterocycles. The van der Waals surface area contributed by atoms with Gasteiger partial charge in [0.15, 0.2) is 23.0 Å². The second-order valence-electron chi connectivity index (χ2n) is 6.65. The number of hydrogen-bond donors (Lipinski definition) is 2. The van der Waals surface area contributed by atoms with Crippen LogP contribution in [0.3, 0.4) is 0 Å². The fraction of sp³-hybridized carbons (Fsp3) is 0.0500. The molecule has 1 amide bonds. The van der Waals surface area contributed by atoms with Crippen molar-refractivity contribution in [1.29, 1.82) is 0 Å². The lowest BCUT2D eigenvalue weighted by Crippen LogP contribution is -2.21. The molecular formula is C20H12ClF4N7O2. The summed E-state index contributed by atoms with van der Waals surface area (Å²) in [6.45, 7) is 0. The molecule has 0 aliphatic rings. The number of hydrogen-bond acceptors (Lipinski definition) is 7. The lowest BCUT2D eigenvalue weighted by Gasteiger charge is -2.10. The molecule has 1 aromatic carbocycles. The lowest BCUT2D eigenvalue weighted by molar-refractivity contribution is -0.143. The van der Waals surface area contributed by atoms with Gasteiger partial charge >= 0.3 is 6.18 Å². The quantitative estimate of drug-likeness (QED) is 0.401. The molecule has 4 N–H and O–H groups in total. The molecule has 0 spiro atoms. The minimum absolute atomic E-state index is 0.00324. The van der Waals surface area contributed by atoms with Gasteiger partial charge in [0, 0.05) is 30.2 Å². The molecule has 0 unspecified atom stereocenters. The summed E-state index contributed by atoms with van der Waals surface area (Å²) in [6, 6.07) is 5.87. The molecule has 0 atom stereocenters. The van der Waals surface area contributed by atoms with E-state index in [1.165, 1.54) is 36.8 Å². The molecular weight excluding hydrogens is 482 g/mol. The number of ether oxygens (including phenoxy) is 1. The fourth-order valence-corrected chi connectivity index (χ4v) is 3.18. The predicted molar refractivity (Wildman–Crippen MR) is 112 cm³/mol. The number of primary amides is 1. The first kappa shape index (κ1) is 22.9. The number of nitrogens with zero attached hydrogens (tertiary/aromatic N) is 5. The molecule has 14 heteroatoms. The Labute approximate surface area is 193 Å². The highest BCUT2D eigenvalue weighted by molar-refractivity contribution is 6.34. The maximum absolute atomic E-state index is 14.8. The number of anilines is 1. The van der Waals surface area contributed by atoms with Crippen molar-refractivity contribution in [2.45, 2.75) is 6.18 Å². The Kier molecular flexibility index (Phi) is 5.79. The van der Waals surface area contributed by atoms with Crippen LogP contribution in [0.15, 0.2) is 48.9 Å². The van der Waals surface area contributed by atoms with Crippen LogP contribution in [0.5, 0.6) is 11.5 Å². The Hall–Kier alpha value is -4.26. The van der Waals surface area contributed by atoms with Crippen LogP contribution >= 0.6 is 11.6 Å². The highest BCUT2D eigenvalue weighted by Gasteiger charge is 2.43. The predicted octanol–water partition coefficient (Wildman–Crippen LogP) is 4.01. The van der Waals surface area contributed by atoms with Gasteiger partial charge in [-0.1, -0.05) is 11.6 Å². The highest BCUT2D eigenvalue weighted by atomic mass is 35.5. The van der Waals surface area contributed by atoms with Crippen molar-refractivity contribution in [3.8, 4) is 28.7 Å². The number of carbonyl (C=O) groups excluding carboxylic acids is 1. The van der Waals surface area contributed by atoms with Gasteiger partial charge in [-0.3, -0.25) is 4.79 Å². The molecule has 4 rings (SSSR count). The molecule has 174 valence electrons. The first-order valence-electron chi connectivity index (χ1n) is 9.23. The zero-order valence-corrected chi connectivity index (χ0v) is 17.5. The topological polar surface area (TPSA) is 135 Å². The SMILES string of the molecule is NC(=O)c1c(-c2ccc(Oc3ccnc(N)c3Cl)c(F)c2)nn(-c2ncccn2)c1C(F)(F)F. The number of alkyl halides is 3. The molecule has 4 aromatic rings. The molecule has 9 nitrogen and oxygen atoms in total. The number of nitrogens with two attached hydrogens (primary N) is 2. The number of amides is 1. The van der Waals surface area contributed by atoms with Gasteiger partial charge in [-0.2, -0.15) is 23.0 Å². The van der Waals surface area contributed by atoms with Crippen LogP contribution in [0, 0.1) is 5.82 Å². The molecule has 3 heterocycles. The van der Waals surface area contributed by atoms with Crippen molar-refractivity contribution in [3.05, 3.63) is 71.0 Å². The highest BCUT2D eigenvalue weighted by Crippen LogP contribution is 2.39. The minimum Gasteiger partial charge on any atom is -0.453 e. The number of carbonyl (C=O) groups is 1. The molecule has 0 saturated carbocycles. The maximum Gasteiger partial charge on any atom is 0.434 e. The van der Waals surface area contributed by atoms with Crippen LogP contribution in [0.1, 0.15) is 16.1 Å². The van der Waals surface area contributed by atoms with E-state index < -0.39 is 40.8 Å². The summed E-state index contributed by atoms with van der Waals surface area (Å²) < 4.78 is 62.2. The van der Waals surface area contributed by atoms with E-state index in [9.17, 15) is 22.4 Å². The summed E-state index contributed by atoms with van der Waals surface area (Å²) in [5, 5.41) is 3.78. The van der Waals surface area contributed by atoms with E-state index in [0.717, 1.165) is 12.1 Å². The van der Waals surface area contributed by atoms with Gasteiger partial charge in [0.2, 0.25) is 0 Å². The van der Waals surface area contributed by atoms with E-state index in [4.69, 9.17) is 27.8 Å². The second kappa shape index (κ2) is 8.59. The number of rotatable bonds is 5. The molecule has 0 aliphatic heterocycles. The van der Waals surface area contributed by atoms with E-state index in [1.54, 1.807) is 0 Å². The average molecular weight is 494 g/mol. The van der Waals surface area contributed by atoms with Gasteiger partial charge in [-0.15, -0.1) is 0 Å². The first-order chi connectivity index (χ1) is 16.1. The normalized spacial score (nSPS) is 11.4. The van der Waals surface area contributed by atoms with Gasteiger partial charge in [0.25, 0.3) is 11.9 Å². The van der Waals surface area contributed by atoms with Crippen molar-refractivity contribution in [1.82, 2.24) is 24.7 Å². The van der Waals surface area contributed by atoms with Crippen LogP contribution in [0.25, 0.3) is 17.2 Å². The third-order valence-electron chi connectivity index (χ3n) is 4.45. The summed E-state index contributed by atoms with van der Waals surface area (Å²) in [7, 11) is 0. The molecule has 0 saturated heterocycles. The Morgan fingerprint density at radius 1 is 1.06 bits per heavy atom. The van der Waals surface area contributed by atoms with E-state index in [-0.39, 0.29) is 27.9 Å².